The number of fused-ring (bicyclic) bond motifs is 1. The first-order chi connectivity index (χ1) is 14.9. The number of Topliss-reactive ketones (excluding diaryl/α,β-unsaturated/α-hetero) is 1. The number of piperidine rings is 1. The van der Waals surface area contributed by atoms with Crippen LogP contribution in [0.2, 0.25) is 0 Å². The summed E-state index contributed by atoms with van der Waals surface area (Å²) in [5.74, 6) is 1.06. The normalized spacial score (nSPS) is 18.2. The highest BCUT2D eigenvalue weighted by Crippen LogP contribution is 2.26. The number of imidazole rings is 1. The molecule has 1 amide bonds. The molecule has 8 nitrogen and oxygen atoms in total. The summed E-state index contributed by atoms with van der Waals surface area (Å²) in [7, 11) is -3.50. The van der Waals surface area contributed by atoms with Gasteiger partial charge in [0.05, 0.1) is 15.9 Å². The molecule has 4 rings (SSSR count). The van der Waals surface area contributed by atoms with E-state index in [-0.39, 0.29) is 16.6 Å². The van der Waals surface area contributed by atoms with Crippen LogP contribution < -0.4 is 0 Å². The molecule has 2 aromatic rings. The molecule has 2 saturated heterocycles. The number of amides is 1. The van der Waals surface area contributed by atoms with Crippen molar-refractivity contribution in [3.05, 3.63) is 24.0 Å². The third-order valence-corrected chi connectivity index (χ3v) is 8.08. The predicted octanol–water partition coefficient (Wildman–Crippen LogP) is 2.35. The van der Waals surface area contributed by atoms with Crippen molar-refractivity contribution in [2.45, 2.75) is 63.3 Å². The number of hydrogen-bond donors (Lipinski definition) is 0. The van der Waals surface area contributed by atoms with E-state index >= 15 is 0 Å². The fraction of sp³-hybridized carbons (Fsp3) is 0.591. The van der Waals surface area contributed by atoms with Crippen molar-refractivity contribution >= 4 is 32.7 Å². The molecule has 1 aromatic carbocycles. The summed E-state index contributed by atoms with van der Waals surface area (Å²) in [4.78, 5) is 30.8. The lowest BCUT2D eigenvalue weighted by molar-refractivity contribution is -0.134. The van der Waals surface area contributed by atoms with Crippen LogP contribution in [-0.2, 0) is 32.6 Å². The summed E-state index contributed by atoms with van der Waals surface area (Å²) in [5.41, 5.74) is 1.55. The van der Waals surface area contributed by atoms with E-state index in [0.717, 1.165) is 37.1 Å². The molecule has 3 heterocycles. The van der Waals surface area contributed by atoms with E-state index in [1.807, 2.05) is 6.07 Å². The quantitative estimate of drug-likeness (QED) is 0.651. The number of rotatable bonds is 7. The van der Waals surface area contributed by atoms with Gasteiger partial charge >= 0.3 is 0 Å². The van der Waals surface area contributed by atoms with Crippen molar-refractivity contribution < 1.29 is 18.0 Å². The second kappa shape index (κ2) is 9.08. The highest BCUT2D eigenvalue weighted by Gasteiger charge is 2.28. The van der Waals surface area contributed by atoms with Gasteiger partial charge in [0.2, 0.25) is 15.9 Å². The largest absolute Gasteiger partial charge is 0.342 e. The Kier molecular flexibility index (Phi) is 6.43. The number of aromatic nitrogens is 2. The molecule has 2 fully saturated rings. The van der Waals surface area contributed by atoms with Gasteiger partial charge in [-0.25, -0.2) is 13.4 Å². The van der Waals surface area contributed by atoms with Crippen LogP contribution in [0.3, 0.4) is 0 Å². The third kappa shape index (κ3) is 4.52. The lowest BCUT2D eigenvalue weighted by atomic mass is 10.1. The highest BCUT2D eigenvalue weighted by molar-refractivity contribution is 7.89. The Bertz CT molecular complexity index is 1080. The molecule has 0 aliphatic carbocycles. The van der Waals surface area contributed by atoms with Crippen molar-refractivity contribution in [2.75, 3.05) is 26.2 Å². The highest BCUT2D eigenvalue weighted by atomic mass is 32.2. The maximum absolute atomic E-state index is 12.9. The van der Waals surface area contributed by atoms with Gasteiger partial charge in [-0.2, -0.15) is 4.31 Å². The van der Waals surface area contributed by atoms with Gasteiger partial charge in [0.1, 0.15) is 11.6 Å². The molecule has 0 radical (unpaired) electrons. The number of sulfonamides is 1. The van der Waals surface area contributed by atoms with Crippen molar-refractivity contribution in [3.63, 3.8) is 0 Å². The molecular formula is C22H30N4O4S. The van der Waals surface area contributed by atoms with E-state index in [4.69, 9.17) is 4.98 Å². The maximum Gasteiger partial charge on any atom is 0.243 e. The molecule has 2 aliphatic rings. The van der Waals surface area contributed by atoms with Crippen LogP contribution >= 0.6 is 0 Å². The lowest BCUT2D eigenvalue weighted by Crippen LogP contribution is -2.38. The van der Waals surface area contributed by atoms with Gasteiger partial charge in [0, 0.05) is 58.4 Å². The minimum Gasteiger partial charge on any atom is -0.342 e. The van der Waals surface area contributed by atoms with Crippen molar-refractivity contribution in [3.8, 4) is 0 Å². The van der Waals surface area contributed by atoms with Gasteiger partial charge in [-0.05, 0) is 37.5 Å². The average Bonchev–Trinajstić information content (AvgIpc) is 3.41. The van der Waals surface area contributed by atoms with Gasteiger partial charge in [0.15, 0.2) is 0 Å². The summed E-state index contributed by atoms with van der Waals surface area (Å²) in [6.45, 7) is 4.98. The fourth-order valence-electron chi connectivity index (χ4n) is 4.44. The van der Waals surface area contributed by atoms with Gasteiger partial charge in [0.25, 0.3) is 0 Å². The minimum absolute atomic E-state index is 0.0416. The molecule has 9 heteroatoms. The van der Waals surface area contributed by atoms with E-state index in [1.165, 1.54) is 0 Å². The first-order valence-electron chi connectivity index (χ1n) is 11.2. The average molecular weight is 447 g/mol. The van der Waals surface area contributed by atoms with Gasteiger partial charge in [-0.1, -0.05) is 6.92 Å². The van der Waals surface area contributed by atoms with Crippen molar-refractivity contribution in [2.24, 2.45) is 0 Å². The standard InChI is InChI=1S/C22H30N4O4S/c1-2-11-26-20-6-5-18(31(29,30)25-12-3-4-13-25)16-19(20)23-21(26)7-8-22(28)24-14-9-17(27)10-15-24/h5-6,16H,2-4,7-15H2,1H3. The zero-order chi connectivity index (χ0) is 22.0. The Hall–Kier alpha value is -2.26. The summed E-state index contributed by atoms with van der Waals surface area (Å²) >= 11 is 0. The smallest absolute Gasteiger partial charge is 0.243 e. The molecule has 31 heavy (non-hydrogen) atoms. The molecule has 0 saturated carbocycles. The molecular weight excluding hydrogens is 416 g/mol. The molecule has 0 N–H and O–H groups in total. The number of benzene rings is 1. The Morgan fingerprint density at radius 2 is 1.81 bits per heavy atom. The Morgan fingerprint density at radius 1 is 1.10 bits per heavy atom. The van der Waals surface area contributed by atoms with Crippen LogP contribution in [0.1, 0.15) is 51.3 Å². The molecule has 0 unspecified atom stereocenters. The Balaban J connectivity index is 1.55. The Labute approximate surface area is 183 Å². The van der Waals surface area contributed by atoms with E-state index in [1.54, 1.807) is 21.3 Å². The summed E-state index contributed by atoms with van der Waals surface area (Å²) in [5, 5.41) is 0. The predicted molar refractivity (Wildman–Crippen MR) is 117 cm³/mol. The number of nitrogens with zero attached hydrogens (tertiary/aromatic N) is 4. The number of carbonyl (C=O) groups is 2. The van der Waals surface area contributed by atoms with Crippen LogP contribution in [0.4, 0.5) is 0 Å². The molecule has 1 aromatic heterocycles. The van der Waals surface area contributed by atoms with E-state index in [2.05, 4.69) is 11.5 Å². The second-order valence-electron chi connectivity index (χ2n) is 8.36. The van der Waals surface area contributed by atoms with E-state index in [9.17, 15) is 18.0 Å². The first-order valence-corrected chi connectivity index (χ1v) is 12.6. The number of carbonyl (C=O) groups excluding carboxylic acids is 2. The van der Waals surface area contributed by atoms with Gasteiger partial charge in [-0.15, -0.1) is 0 Å². The topological polar surface area (TPSA) is 92.6 Å². The van der Waals surface area contributed by atoms with Crippen molar-refractivity contribution in [1.29, 1.82) is 0 Å². The second-order valence-corrected chi connectivity index (χ2v) is 10.3. The van der Waals surface area contributed by atoms with Gasteiger partial charge in [-0.3, -0.25) is 9.59 Å². The van der Waals surface area contributed by atoms with Gasteiger partial charge < -0.3 is 9.47 Å². The zero-order valence-corrected chi connectivity index (χ0v) is 18.9. The third-order valence-electron chi connectivity index (χ3n) is 6.19. The summed E-state index contributed by atoms with van der Waals surface area (Å²) in [6, 6.07) is 5.17. The van der Waals surface area contributed by atoms with Crippen molar-refractivity contribution in [1.82, 2.24) is 18.8 Å². The van der Waals surface area contributed by atoms with Crippen LogP contribution in [-0.4, -0.2) is 65.0 Å². The van der Waals surface area contributed by atoms with Crippen LogP contribution in [0.5, 0.6) is 0 Å². The monoisotopic (exact) mass is 446 g/mol. The van der Waals surface area contributed by atoms with E-state index in [0.29, 0.717) is 57.4 Å². The lowest BCUT2D eigenvalue weighted by Gasteiger charge is -2.26. The van der Waals surface area contributed by atoms with Crippen LogP contribution in [0.25, 0.3) is 11.0 Å². The summed E-state index contributed by atoms with van der Waals surface area (Å²) in [6.07, 6.45) is 4.41. The van der Waals surface area contributed by atoms with Crippen LogP contribution in [0.15, 0.2) is 23.1 Å². The maximum atomic E-state index is 12.9. The molecule has 0 bridgehead atoms. The first kappa shape index (κ1) is 22.0. The number of ketones is 1. The zero-order valence-electron chi connectivity index (χ0n) is 18.0. The van der Waals surface area contributed by atoms with Crippen LogP contribution in [0, 0.1) is 0 Å². The Morgan fingerprint density at radius 3 is 2.48 bits per heavy atom. The van der Waals surface area contributed by atoms with E-state index < -0.39 is 10.0 Å². The molecule has 0 spiro atoms. The molecule has 0 atom stereocenters. The number of aryl methyl sites for hydroxylation is 2. The SMILES string of the molecule is CCCn1c(CCC(=O)N2CCC(=O)CC2)nc2cc(S(=O)(=O)N3CCCC3)ccc21. The number of likely N-dealkylation sites (tertiary alicyclic amines) is 1. The number of hydrogen-bond acceptors (Lipinski definition) is 5. The minimum atomic E-state index is -3.50. The summed E-state index contributed by atoms with van der Waals surface area (Å²) < 4.78 is 29.5. The molecule has 2 aliphatic heterocycles. The fourth-order valence-corrected chi connectivity index (χ4v) is 5.98. The molecule has 168 valence electrons.